The Morgan fingerprint density at radius 2 is 2.28 bits per heavy atom. The second kappa shape index (κ2) is 5.32. The summed E-state index contributed by atoms with van der Waals surface area (Å²) in [5.41, 5.74) is 0.159. The van der Waals surface area contributed by atoms with Crippen LogP contribution in [0.2, 0.25) is 0 Å². The Balaban J connectivity index is 2.44. The third kappa shape index (κ3) is 2.44. The highest BCUT2D eigenvalue weighted by Gasteiger charge is 2.11. The van der Waals surface area contributed by atoms with Gasteiger partial charge in [0, 0.05) is 12.4 Å². The van der Waals surface area contributed by atoms with Crippen molar-refractivity contribution in [2.24, 2.45) is 0 Å². The number of ether oxygens (including phenoxy) is 1. The predicted octanol–water partition coefficient (Wildman–Crippen LogP) is 1.08. The van der Waals surface area contributed by atoms with Gasteiger partial charge in [0.15, 0.2) is 10.9 Å². The zero-order valence-electron chi connectivity index (χ0n) is 9.65. The van der Waals surface area contributed by atoms with Crippen LogP contribution in [0.25, 0.3) is 5.82 Å². The van der Waals surface area contributed by atoms with E-state index in [4.69, 9.17) is 12.6 Å². The van der Waals surface area contributed by atoms with Gasteiger partial charge in [-0.25, -0.2) is 14.8 Å². The van der Waals surface area contributed by atoms with E-state index in [1.54, 1.807) is 16.8 Å². The Hall–Kier alpha value is -1.67. The van der Waals surface area contributed by atoms with Gasteiger partial charge in [0.2, 0.25) is 0 Å². The van der Waals surface area contributed by atoms with Crippen LogP contribution in [0, 0.1) is 0 Å². The maximum Gasteiger partial charge on any atom is 0.358 e. The molecule has 18 heavy (non-hydrogen) atoms. The van der Waals surface area contributed by atoms with Gasteiger partial charge in [0.25, 0.3) is 0 Å². The molecule has 0 unspecified atom stereocenters. The number of methoxy groups -OCH3 is 1. The normalized spacial score (nSPS) is 10.3. The topological polar surface area (TPSA) is 69.9 Å². The summed E-state index contributed by atoms with van der Waals surface area (Å²) >= 11 is 6.50. The van der Waals surface area contributed by atoms with Gasteiger partial charge >= 0.3 is 5.97 Å². The molecule has 0 saturated heterocycles. The summed E-state index contributed by atoms with van der Waals surface area (Å²) in [5, 5.41) is 0.872. The van der Waals surface area contributed by atoms with Crippen molar-refractivity contribution in [1.29, 1.82) is 0 Å². The van der Waals surface area contributed by atoms with E-state index in [0.29, 0.717) is 11.0 Å². The molecule has 0 N–H and O–H groups in total. The Kier molecular flexibility index (Phi) is 3.78. The first-order valence-corrected chi connectivity index (χ1v) is 6.51. The quantitative estimate of drug-likeness (QED) is 0.361. The molecule has 0 saturated carbocycles. The molecule has 2 rings (SSSR count). The number of rotatable bonds is 3. The van der Waals surface area contributed by atoms with Crippen molar-refractivity contribution < 1.29 is 9.53 Å². The summed E-state index contributed by atoms with van der Waals surface area (Å²) in [4.78, 5) is 23.6. The zero-order valence-corrected chi connectivity index (χ0v) is 11.3. The maximum atomic E-state index is 11.4. The summed E-state index contributed by atoms with van der Waals surface area (Å²) in [6, 6.07) is 1.69. The van der Waals surface area contributed by atoms with Gasteiger partial charge in [-0.2, -0.15) is 0 Å². The van der Waals surface area contributed by atoms with Gasteiger partial charge in [-0.1, -0.05) is 11.8 Å². The van der Waals surface area contributed by atoms with Crippen molar-refractivity contribution >= 4 is 30.4 Å². The molecule has 8 heteroatoms. The Morgan fingerprint density at radius 3 is 2.94 bits per heavy atom. The molecule has 2 heterocycles. The van der Waals surface area contributed by atoms with Gasteiger partial charge < -0.3 is 21.9 Å². The number of carbonyl (C=O) groups excluding carboxylic acids is 1. The molecule has 0 aliphatic rings. The van der Waals surface area contributed by atoms with Crippen LogP contribution in [0.15, 0.2) is 28.8 Å². The fraction of sp³-hybridized carbons (Fsp3) is 0.200. The van der Waals surface area contributed by atoms with E-state index in [-0.39, 0.29) is 10.9 Å². The first kappa shape index (κ1) is 12.8. The van der Waals surface area contributed by atoms with E-state index >= 15 is 0 Å². The zero-order chi connectivity index (χ0) is 13.1. The molecule has 2 aromatic heterocycles. The molecule has 0 atom stereocenters. The maximum absolute atomic E-state index is 11.4. The number of carbonyl (C=O) groups is 1. The molecular formula is C10H9N4O2S2-. The Morgan fingerprint density at radius 1 is 1.50 bits per heavy atom. The van der Waals surface area contributed by atoms with Gasteiger partial charge in [0.05, 0.1) is 7.11 Å². The third-order valence-corrected chi connectivity index (χ3v) is 2.97. The standard InChI is InChI=1S/C10H10N4O2S2/c1-16-8(15)6-5-14(10(17)12-6)7-3-4-11-9(13-7)18-2/h3-5H,1-2H3,(H,12,17)/p-1. The van der Waals surface area contributed by atoms with Crippen LogP contribution in [0.3, 0.4) is 0 Å². The summed E-state index contributed by atoms with van der Waals surface area (Å²) in [6.07, 6.45) is 5.00. The monoisotopic (exact) mass is 281 g/mol. The van der Waals surface area contributed by atoms with Crippen LogP contribution in [-0.4, -0.2) is 38.9 Å². The number of esters is 1. The molecular weight excluding hydrogens is 272 g/mol. The predicted molar refractivity (Wildman–Crippen MR) is 67.9 cm³/mol. The Bertz CT molecular complexity index is 585. The van der Waals surface area contributed by atoms with Crippen LogP contribution in [0.1, 0.15) is 10.5 Å². The fourth-order valence-corrected chi connectivity index (χ4v) is 1.89. The largest absolute Gasteiger partial charge is 0.742 e. The molecule has 94 valence electrons. The summed E-state index contributed by atoms with van der Waals surface area (Å²) in [6.45, 7) is 0. The average Bonchev–Trinajstić information content (AvgIpc) is 2.80. The fourth-order valence-electron chi connectivity index (χ4n) is 1.29. The lowest BCUT2D eigenvalue weighted by atomic mass is 10.5. The van der Waals surface area contributed by atoms with Crippen LogP contribution in [0.5, 0.6) is 0 Å². The number of hydrogen-bond acceptors (Lipinski definition) is 7. The molecule has 0 radical (unpaired) electrons. The van der Waals surface area contributed by atoms with E-state index in [2.05, 4.69) is 19.7 Å². The molecule has 0 fully saturated rings. The third-order valence-electron chi connectivity index (χ3n) is 2.12. The highest BCUT2D eigenvalue weighted by molar-refractivity contribution is 7.98. The highest BCUT2D eigenvalue weighted by Crippen LogP contribution is 2.14. The molecule has 0 bridgehead atoms. The molecule has 0 aliphatic carbocycles. The van der Waals surface area contributed by atoms with Gasteiger partial charge in [0.1, 0.15) is 5.82 Å². The van der Waals surface area contributed by atoms with Crippen LogP contribution in [0.4, 0.5) is 0 Å². The van der Waals surface area contributed by atoms with E-state index in [1.807, 2.05) is 6.26 Å². The van der Waals surface area contributed by atoms with Crippen LogP contribution in [-0.2, 0) is 17.4 Å². The molecule has 0 aromatic carbocycles. The van der Waals surface area contributed by atoms with Crippen molar-refractivity contribution in [3.8, 4) is 5.82 Å². The van der Waals surface area contributed by atoms with E-state index in [0.717, 1.165) is 0 Å². The lowest BCUT2D eigenvalue weighted by Crippen LogP contribution is -2.01. The smallest absolute Gasteiger partial charge is 0.358 e. The minimum atomic E-state index is -0.529. The average molecular weight is 281 g/mol. The first-order valence-electron chi connectivity index (χ1n) is 4.88. The second-order valence-corrected chi connectivity index (χ2v) is 4.31. The number of imidazole rings is 1. The van der Waals surface area contributed by atoms with E-state index in [9.17, 15) is 4.79 Å². The highest BCUT2D eigenvalue weighted by atomic mass is 32.2. The number of hydrogen-bond donors (Lipinski definition) is 0. The SMILES string of the molecule is COC(=O)c1cn(-c2ccnc(SC)n2)c([S-])n1. The molecule has 0 aliphatic heterocycles. The van der Waals surface area contributed by atoms with Crippen molar-refractivity contribution in [2.45, 2.75) is 10.3 Å². The second-order valence-electron chi connectivity index (χ2n) is 3.17. The molecule has 0 amide bonds. The van der Waals surface area contributed by atoms with Crippen molar-refractivity contribution in [2.75, 3.05) is 13.4 Å². The Labute approximate surface area is 113 Å². The van der Waals surface area contributed by atoms with E-state index in [1.165, 1.54) is 25.1 Å². The molecule has 0 spiro atoms. The van der Waals surface area contributed by atoms with Crippen LogP contribution >= 0.6 is 11.8 Å². The lowest BCUT2D eigenvalue weighted by Gasteiger charge is -2.09. The van der Waals surface area contributed by atoms with Crippen LogP contribution < -0.4 is 0 Å². The van der Waals surface area contributed by atoms with Crippen molar-refractivity contribution in [3.05, 3.63) is 24.2 Å². The van der Waals surface area contributed by atoms with Gasteiger partial charge in [-0.3, -0.25) is 4.98 Å². The first-order chi connectivity index (χ1) is 8.65. The van der Waals surface area contributed by atoms with Crippen molar-refractivity contribution in [3.63, 3.8) is 0 Å². The van der Waals surface area contributed by atoms with Gasteiger partial charge in [-0.05, 0) is 17.5 Å². The van der Waals surface area contributed by atoms with E-state index < -0.39 is 5.97 Å². The molecule has 2 aromatic rings. The van der Waals surface area contributed by atoms with Crippen molar-refractivity contribution in [1.82, 2.24) is 19.5 Å². The minimum Gasteiger partial charge on any atom is -0.742 e. The van der Waals surface area contributed by atoms with Gasteiger partial charge in [-0.15, -0.1) is 0 Å². The number of aromatic nitrogens is 4. The number of nitrogens with zero attached hydrogens (tertiary/aromatic N) is 4. The summed E-state index contributed by atoms with van der Waals surface area (Å²) in [7, 11) is 1.29. The molecule has 6 nitrogen and oxygen atoms in total. The number of thioether (sulfide) groups is 1. The summed E-state index contributed by atoms with van der Waals surface area (Å²) in [5.74, 6) is 0.0426. The lowest BCUT2D eigenvalue weighted by molar-refractivity contribution is 0.0594. The minimum absolute atomic E-state index is 0.159. The summed E-state index contributed by atoms with van der Waals surface area (Å²) < 4.78 is 6.13.